The summed E-state index contributed by atoms with van der Waals surface area (Å²) in [5.74, 6) is 1.44. The Morgan fingerprint density at radius 3 is 2.64 bits per heavy atom. The Morgan fingerprint density at radius 2 is 2.00 bits per heavy atom. The topological polar surface area (TPSA) is 87.5 Å². The minimum absolute atomic E-state index is 0.0803. The Balaban J connectivity index is 1.43. The summed E-state index contributed by atoms with van der Waals surface area (Å²) < 4.78 is 18.6. The van der Waals surface area contributed by atoms with Gasteiger partial charge in [0.05, 0.1) is 19.3 Å². The van der Waals surface area contributed by atoms with E-state index in [0.29, 0.717) is 19.1 Å². The summed E-state index contributed by atoms with van der Waals surface area (Å²) in [6, 6.07) is 0.142. The highest BCUT2D eigenvalue weighted by atomic mass is 16.6. The largest absolute Gasteiger partial charge is 0.441 e. The second-order valence-electron chi connectivity index (χ2n) is 7.20. The predicted molar refractivity (Wildman–Crippen MR) is 90.2 cm³/mol. The summed E-state index contributed by atoms with van der Waals surface area (Å²) in [6.07, 6.45) is 4.73. The van der Waals surface area contributed by atoms with Gasteiger partial charge in [-0.2, -0.15) is 0 Å². The van der Waals surface area contributed by atoms with Gasteiger partial charge in [-0.15, -0.1) is 10.2 Å². The van der Waals surface area contributed by atoms with Crippen LogP contribution in [0, 0.1) is 0 Å². The summed E-state index contributed by atoms with van der Waals surface area (Å²) in [7, 11) is 1.97. The molecule has 0 radical (unpaired) electrons. The molecular formula is C17H28N4O4. The Kier molecular flexibility index (Phi) is 5.90. The summed E-state index contributed by atoms with van der Waals surface area (Å²) >= 11 is 0. The first-order valence-electron chi connectivity index (χ1n) is 9.07. The van der Waals surface area contributed by atoms with Crippen LogP contribution in [0.15, 0.2) is 6.33 Å². The van der Waals surface area contributed by atoms with Crippen LogP contribution in [0.2, 0.25) is 0 Å². The molecule has 1 saturated heterocycles. The van der Waals surface area contributed by atoms with Crippen molar-refractivity contribution in [3.63, 3.8) is 0 Å². The molecule has 2 heterocycles. The minimum atomic E-state index is -0.380. The predicted octanol–water partition coefficient (Wildman–Crippen LogP) is 1.76. The molecule has 0 bridgehead atoms. The van der Waals surface area contributed by atoms with Crippen LogP contribution in [0.3, 0.4) is 0 Å². The number of nitrogens with one attached hydrogen (secondary N) is 1. The number of carbonyl (C=O) groups excluding carboxylic acids is 1. The van der Waals surface area contributed by atoms with Gasteiger partial charge in [0, 0.05) is 19.0 Å². The van der Waals surface area contributed by atoms with E-state index in [9.17, 15) is 4.79 Å². The van der Waals surface area contributed by atoms with Crippen LogP contribution in [-0.2, 0) is 21.3 Å². The number of aryl methyl sites for hydroxylation is 1. The molecule has 0 unspecified atom stereocenters. The van der Waals surface area contributed by atoms with Gasteiger partial charge < -0.3 is 24.1 Å². The lowest BCUT2D eigenvalue weighted by Gasteiger charge is -2.29. The smallest absolute Gasteiger partial charge is 0.407 e. The van der Waals surface area contributed by atoms with E-state index >= 15 is 0 Å². The molecule has 1 aromatic heterocycles. The van der Waals surface area contributed by atoms with E-state index in [4.69, 9.17) is 14.2 Å². The van der Waals surface area contributed by atoms with Gasteiger partial charge >= 0.3 is 6.09 Å². The Hall–Kier alpha value is -1.67. The van der Waals surface area contributed by atoms with Crippen LogP contribution >= 0.6 is 0 Å². The van der Waals surface area contributed by atoms with E-state index in [1.165, 1.54) is 0 Å². The molecule has 3 rings (SSSR count). The zero-order valence-electron chi connectivity index (χ0n) is 15.2. The number of aromatic nitrogens is 3. The molecule has 0 spiro atoms. The summed E-state index contributed by atoms with van der Waals surface area (Å²) in [5.41, 5.74) is 0. The maximum atomic E-state index is 12.2. The lowest BCUT2D eigenvalue weighted by atomic mass is 9.85. The average Bonchev–Trinajstić information content (AvgIpc) is 3.17. The number of rotatable bonds is 5. The lowest BCUT2D eigenvalue weighted by molar-refractivity contribution is -0.0464. The maximum absolute atomic E-state index is 12.2. The van der Waals surface area contributed by atoms with Crippen LogP contribution < -0.4 is 5.32 Å². The summed E-state index contributed by atoms with van der Waals surface area (Å²) in [5, 5.41) is 11.1. The van der Waals surface area contributed by atoms with Crippen LogP contribution in [-0.4, -0.2) is 58.4 Å². The van der Waals surface area contributed by atoms with Crippen molar-refractivity contribution in [2.45, 2.75) is 69.8 Å². The standard InChI is InChI=1S/C17H28N4O4/c1-11(2)24-14-8-23-9-15(14)25-17(22)19-13-6-4-12(5-7-13)16-20-18-10-21(16)3/h10-15H,4-9H2,1-3H3,(H,19,22)/t12?,13?,14-,15-/m1/s1. The molecule has 140 valence electrons. The molecule has 8 heteroatoms. The Labute approximate surface area is 148 Å². The van der Waals surface area contributed by atoms with E-state index in [-0.39, 0.29) is 30.4 Å². The first-order chi connectivity index (χ1) is 12.0. The number of nitrogens with zero attached hydrogens (tertiary/aromatic N) is 3. The second kappa shape index (κ2) is 8.14. The zero-order valence-corrected chi connectivity index (χ0v) is 15.2. The van der Waals surface area contributed by atoms with Gasteiger partial charge in [-0.1, -0.05) is 0 Å². The third-order valence-electron chi connectivity index (χ3n) is 4.84. The van der Waals surface area contributed by atoms with Crippen molar-refractivity contribution in [1.29, 1.82) is 0 Å². The molecule has 1 amide bonds. The molecule has 2 fully saturated rings. The van der Waals surface area contributed by atoms with Crippen molar-refractivity contribution in [2.24, 2.45) is 7.05 Å². The van der Waals surface area contributed by atoms with Crippen molar-refractivity contribution >= 4 is 6.09 Å². The van der Waals surface area contributed by atoms with Crippen LogP contribution in [0.5, 0.6) is 0 Å². The number of amides is 1. The van der Waals surface area contributed by atoms with Crippen molar-refractivity contribution in [2.75, 3.05) is 13.2 Å². The maximum Gasteiger partial charge on any atom is 0.407 e. The first-order valence-corrected chi connectivity index (χ1v) is 9.07. The van der Waals surface area contributed by atoms with E-state index in [0.717, 1.165) is 31.5 Å². The number of ether oxygens (including phenoxy) is 3. The van der Waals surface area contributed by atoms with Gasteiger partial charge in [0.1, 0.15) is 18.3 Å². The molecule has 1 aliphatic heterocycles. The van der Waals surface area contributed by atoms with Gasteiger partial charge in [-0.3, -0.25) is 0 Å². The zero-order chi connectivity index (χ0) is 17.8. The normalized spacial score (nSPS) is 29.8. The van der Waals surface area contributed by atoms with Crippen molar-refractivity contribution in [1.82, 2.24) is 20.1 Å². The lowest BCUT2D eigenvalue weighted by Crippen LogP contribution is -2.42. The second-order valence-corrected chi connectivity index (χ2v) is 7.20. The Bertz CT molecular complexity index is 569. The highest BCUT2D eigenvalue weighted by Gasteiger charge is 2.34. The molecule has 8 nitrogen and oxygen atoms in total. The SMILES string of the molecule is CC(C)O[C@@H]1COC[C@H]1OC(=O)NC1CCC(c2nncn2C)CC1. The van der Waals surface area contributed by atoms with Gasteiger partial charge in [-0.25, -0.2) is 4.79 Å². The van der Waals surface area contributed by atoms with E-state index in [2.05, 4.69) is 15.5 Å². The molecule has 1 aliphatic carbocycles. The molecule has 1 saturated carbocycles. The fourth-order valence-electron chi connectivity index (χ4n) is 3.60. The van der Waals surface area contributed by atoms with Crippen molar-refractivity contribution in [3.05, 3.63) is 12.2 Å². The molecule has 1 aromatic rings. The Morgan fingerprint density at radius 1 is 1.28 bits per heavy atom. The highest BCUT2D eigenvalue weighted by Crippen LogP contribution is 2.31. The van der Waals surface area contributed by atoms with Crippen LogP contribution in [0.1, 0.15) is 51.3 Å². The number of carbonyl (C=O) groups is 1. The van der Waals surface area contributed by atoms with Crippen LogP contribution in [0.4, 0.5) is 4.79 Å². The molecule has 2 atom stereocenters. The molecule has 0 aromatic carbocycles. The van der Waals surface area contributed by atoms with Gasteiger partial charge in [0.2, 0.25) is 0 Å². The third-order valence-corrected chi connectivity index (χ3v) is 4.84. The monoisotopic (exact) mass is 352 g/mol. The fraction of sp³-hybridized carbons (Fsp3) is 0.824. The summed E-state index contributed by atoms with van der Waals surface area (Å²) in [4.78, 5) is 12.2. The van der Waals surface area contributed by atoms with Gasteiger partial charge in [-0.05, 0) is 39.5 Å². The molecule has 25 heavy (non-hydrogen) atoms. The third kappa shape index (κ3) is 4.70. The van der Waals surface area contributed by atoms with Crippen LogP contribution in [0.25, 0.3) is 0 Å². The number of hydrogen-bond donors (Lipinski definition) is 1. The number of alkyl carbamates (subject to hydrolysis) is 1. The van der Waals surface area contributed by atoms with Gasteiger partial charge in [0.25, 0.3) is 0 Å². The average molecular weight is 352 g/mol. The number of hydrogen-bond acceptors (Lipinski definition) is 6. The van der Waals surface area contributed by atoms with Crippen molar-refractivity contribution in [3.8, 4) is 0 Å². The molecular weight excluding hydrogens is 324 g/mol. The molecule has 1 N–H and O–H groups in total. The first kappa shape index (κ1) is 18.1. The van der Waals surface area contributed by atoms with E-state index < -0.39 is 0 Å². The highest BCUT2D eigenvalue weighted by molar-refractivity contribution is 5.67. The minimum Gasteiger partial charge on any atom is -0.441 e. The van der Waals surface area contributed by atoms with E-state index in [1.807, 2.05) is 25.5 Å². The van der Waals surface area contributed by atoms with E-state index in [1.54, 1.807) is 6.33 Å². The molecule has 2 aliphatic rings. The van der Waals surface area contributed by atoms with Crippen molar-refractivity contribution < 1.29 is 19.0 Å². The quantitative estimate of drug-likeness (QED) is 0.869. The fourth-order valence-corrected chi connectivity index (χ4v) is 3.60. The van der Waals surface area contributed by atoms with Gasteiger partial charge in [0.15, 0.2) is 6.10 Å². The summed E-state index contributed by atoms with van der Waals surface area (Å²) in [6.45, 7) is 4.79.